The number of hydrazine groups is 1. The maximum Gasteiger partial charge on any atom is 0.276 e. The molecule has 136 valence electrons. The van der Waals surface area contributed by atoms with E-state index >= 15 is 0 Å². The number of hydrogen-bond acceptors (Lipinski definition) is 4. The maximum atomic E-state index is 12.0. The minimum atomic E-state index is -0.495. The van der Waals surface area contributed by atoms with E-state index in [0.29, 0.717) is 21.5 Å². The minimum absolute atomic E-state index is 0.268. The molecule has 2 N–H and O–H groups in total. The highest BCUT2D eigenvalue weighted by Gasteiger charge is 2.11. The topological polar surface area (TPSA) is 76.7 Å². The Morgan fingerprint density at radius 3 is 2.58 bits per heavy atom. The van der Waals surface area contributed by atoms with Crippen molar-refractivity contribution in [1.82, 2.24) is 10.9 Å². The van der Waals surface area contributed by atoms with E-state index in [9.17, 15) is 9.59 Å². The molecule has 0 spiro atoms. The molecule has 0 fully saturated rings. The van der Waals surface area contributed by atoms with Crippen LogP contribution in [0.3, 0.4) is 0 Å². The molecule has 2 rings (SSSR count). The molecule has 0 bridgehead atoms. The maximum absolute atomic E-state index is 12.0. The third-order valence-electron chi connectivity index (χ3n) is 3.34. The van der Waals surface area contributed by atoms with Gasteiger partial charge in [0.15, 0.2) is 18.1 Å². The third-order valence-corrected chi connectivity index (χ3v) is 4.03. The predicted molar refractivity (Wildman–Crippen MR) is 103 cm³/mol. The lowest BCUT2D eigenvalue weighted by atomic mass is 10.2. The van der Waals surface area contributed by atoms with E-state index in [0.717, 1.165) is 5.56 Å². The van der Waals surface area contributed by atoms with Gasteiger partial charge in [-0.25, -0.2) is 0 Å². The molecule has 0 saturated heterocycles. The van der Waals surface area contributed by atoms with E-state index in [2.05, 4.69) is 26.8 Å². The van der Waals surface area contributed by atoms with Gasteiger partial charge in [-0.3, -0.25) is 20.4 Å². The van der Waals surface area contributed by atoms with Gasteiger partial charge in [0.05, 0.1) is 12.7 Å². The van der Waals surface area contributed by atoms with Crippen LogP contribution >= 0.6 is 15.9 Å². The zero-order valence-electron chi connectivity index (χ0n) is 14.4. The summed E-state index contributed by atoms with van der Waals surface area (Å²) in [5, 5.41) is 0. The van der Waals surface area contributed by atoms with Gasteiger partial charge in [-0.1, -0.05) is 30.4 Å². The van der Waals surface area contributed by atoms with Crippen LogP contribution in [-0.4, -0.2) is 25.5 Å². The van der Waals surface area contributed by atoms with Crippen LogP contribution in [0.1, 0.15) is 22.8 Å². The van der Waals surface area contributed by atoms with Crippen LogP contribution in [0, 0.1) is 0 Å². The fourth-order valence-corrected chi connectivity index (χ4v) is 2.58. The van der Waals surface area contributed by atoms with Crippen molar-refractivity contribution in [1.29, 1.82) is 0 Å². The zero-order valence-corrected chi connectivity index (χ0v) is 16.0. The summed E-state index contributed by atoms with van der Waals surface area (Å²) in [6, 6.07) is 12.3. The highest BCUT2D eigenvalue weighted by molar-refractivity contribution is 9.10. The van der Waals surface area contributed by atoms with E-state index in [4.69, 9.17) is 9.47 Å². The van der Waals surface area contributed by atoms with Crippen molar-refractivity contribution < 1.29 is 19.1 Å². The Balaban J connectivity index is 1.89. The summed E-state index contributed by atoms with van der Waals surface area (Å²) in [7, 11) is 1.53. The Morgan fingerprint density at radius 1 is 1.12 bits per heavy atom. The van der Waals surface area contributed by atoms with Crippen molar-refractivity contribution in [3.63, 3.8) is 0 Å². The number of carbonyl (C=O) groups excluding carboxylic acids is 2. The summed E-state index contributed by atoms with van der Waals surface area (Å²) in [4.78, 5) is 23.9. The molecule has 7 heteroatoms. The molecule has 0 aliphatic rings. The SMILES string of the molecule is C/C=C/c1ccc(OCC(=O)NNC(=O)c2ccccc2Br)c(OC)c1. The number of halogens is 1. The molecule has 0 unspecified atom stereocenters. The summed E-state index contributed by atoms with van der Waals surface area (Å²) < 4.78 is 11.4. The molecular weight excluding hydrogens is 400 g/mol. The summed E-state index contributed by atoms with van der Waals surface area (Å²) in [6.07, 6.45) is 3.84. The summed E-state index contributed by atoms with van der Waals surface area (Å²) in [6.45, 7) is 1.65. The Morgan fingerprint density at radius 2 is 1.88 bits per heavy atom. The van der Waals surface area contributed by atoms with Crippen molar-refractivity contribution >= 4 is 33.8 Å². The van der Waals surface area contributed by atoms with Crippen LogP contribution < -0.4 is 20.3 Å². The van der Waals surface area contributed by atoms with Gasteiger partial charge in [0.25, 0.3) is 11.8 Å². The molecule has 26 heavy (non-hydrogen) atoms. The van der Waals surface area contributed by atoms with Gasteiger partial charge in [-0.05, 0) is 52.7 Å². The van der Waals surface area contributed by atoms with Crippen molar-refractivity contribution in [2.75, 3.05) is 13.7 Å². The molecule has 0 aromatic heterocycles. The summed E-state index contributed by atoms with van der Waals surface area (Å²) >= 11 is 3.28. The number of methoxy groups -OCH3 is 1. The average Bonchev–Trinajstić information content (AvgIpc) is 2.65. The number of allylic oxidation sites excluding steroid dienone is 1. The Hall–Kier alpha value is -2.80. The lowest BCUT2D eigenvalue weighted by molar-refractivity contribution is -0.123. The Kier molecular flexibility index (Phi) is 7.23. The smallest absolute Gasteiger partial charge is 0.276 e. The van der Waals surface area contributed by atoms with E-state index in [1.807, 2.05) is 31.2 Å². The normalized spacial score (nSPS) is 10.4. The number of amides is 2. The summed E-state index contributed by atoms with van der Waals surface area (Å²) in [5.41, 5.74) is 6.02. The first-order valence-electron chi connectivity index (χ1n) is 7.82. The standard InChI is InChI=1S/C19H19BrN2O4/c1-3-6-13-9-10-16(17(11-13)25-2)26-12-18(23)21-22-19(24)14-7-4-5-8-15(14)20/h3-11H,12H2,1-2H3,(H,21,23)(H,22,24)/b6-3+. The molecule has 2 aromatic carbocycles. The van der Waals surface area contributed by atoms with Crippen molar-refractivity contribution in [3.05, 3.63) is 64.1 Å². The number of carbonyl (C=O) groups is 2. The van der Waals surface area contributed by atoms with Gasteiger partial charge >= 0.3 is 0 Å². The van der Waals surface area contributed by atoms with Crippen LogP contribution in [0.25, 0.3) is 6.08 Å². The number of ether oxygens (including phenoxy) is 2. The van der Waals surface area contributed by atoms with Gasteiger partial charge in [0.1, 0.15) is 0 Å². The lowest BCUT2D eigenvalue weighted by Crippen LogP contribution is -2.43. The Bertz CT molecular complexity index is 821. The van der Waals surface area contributed by atoms with Gasteiger partial charge < -0.3 is 9.47 Å². The quantitative estimate of drug-likeness (QED) is 0.705. The first kappa shape index (κ1) is 19.5. The molecule has 0 heterocycles. The number of rotatable bonds is 6. The molecule has 2 amide bonds. The van der Waals surface area contributed by atoms with Crippen LogP contribution in [0.4, 0.5) is 0 Å². The predicted octanol–water partition coefficient (Wildman–Crippen LogP) is 3.33. The van der Waals surface area contributed by atoms with Gasteiger partial charge in [-0.2, -0.15) is 0 Å². The lowest BCUT2D eigenvalue weighted by Gasteiger charge is -2.12. The first-order chi connectivity index (χ1) is 12.5. The second-order valence-electron chi connectivity index (χ2n) is 5.18. The van der Waals surface area contributed by atoms with E-state index < -0.39 is 11.8 Å². The minimum Gasteiger partial charge on any atom is -0.493 e. The molecule has 0 aliphatic carbocycles. The van der Waals surface area contributed by atoms with Crippen molar-refractivity contribution in [2.24, 2.45) is 0 Å². The second kappa shape index (κ2) is 9.62. The largest absolute Gasteiger partial charge is 0.493 e. The highest BCUT2D eigenvalue weighted by atomic mass is 79.9. The second-order valence-corrected chi connectivity index (χ2v) is 6.04. The monoisotopic (exact) mass is 418 g/mol. The van der Waals surface area contributed by atoms with Crippen LogP contribution in [0.2, 0.25) is 0 Å². The molecule has 0 atom stereocenters. The van der Waals surface area contributed by atoms with Crippen molar-refractivity contribution in [2.45, 2.75) is 6.92 Å². The third kappa shape index (κ3) is 5.35. The van der Waals surface area contributed by atoms with Crippen LogP contribution in [0.5, 0.6) is 11.5 Å². The first-order valence-corrected chi connectivity index (χ1v) is 8.61. The molecule has 0 saturated carbocycles. The van der Waals surface area contributed by atoms with Gasteiger partial charge in [0, 0.05) is 4.47 Å². The van der Waals surface area contributed by atoms with Crippen molar-refractivity contribution in [3.8, 4) is 11.5 Å². The van der Waals surface area contributed by atoms with Gasteiger partial charge in [-0.15, -0.1) is 0 Å². The molecule has 0 aliphatic heterocycles. The number of nitrogens with one attached hydrogen (secondary N) is 2. The van der Waals surface area contributed by atoms with Crippen LogP contribution in [-0.2, 0) is 4.79 Å². The number of hydrogen-bond donors (Lipinski definition) is 2. The fraction of sp³-hybridized carbons (Fsp3) is 0.158. The van der Waals surface area contributed by atoms with Crippen LogP contribution in [0.15, 0.2) is 53.0 Å². The Labute approximate surface area is 160 Å². The van der Waals surface area contributed by atoms with Gasteiger partial charge in [0.2, 0.25) is 0 Å². The van der Waals surface area contributed by atoms with E-state index in [1.165, 1.54) is 7.11 Å². The van der Waals surface area contributed by atoms with E-state index in [1.54, 1.807) is 30.3 Å². The fourth-order valence-electron chi connectivity index (χ4n) is 2.12. The van der Waals surface area contributed by atoms with E-state index in [-0.39, 0.29) is 6.61 Å². The average molecular weight is 419 g/mol. The highest BCUT2D eigenvalue weighted by Crippen LogP contribution is 2.28. The molecular formula is C19H19BrN2O4. The molecule has 0 radical (unpaired) electrons. The molecule has 6 nitrogen and oxygen atoms in total. The number of benzene rings is 2. The zero-order chi connectivity index (χ0) is 18.9. The molecule has 2 aromatic rings. The summed E-state index contributed by atoms with van der Waals surface area (Å²) in [5.74, 6) is 0.0304.